The Hall–Kier alpha value is -8.15. The first kappa shape index (κ1) is 35.8. The molecule has 0 N–H and O–H groups in total. The molecule has 0 fully saturated rings. The number of anilines is 2. The van der Waals surface area contributed by atoms with Gasteiger partial charge in [-0.2, -0.15) is 0 Å². The second-order valence-corrected chi connectivity index (χ2v) is 15.9. The summed E-state index contributed by atoms with van der Waals surface area (Å²) in [6.45, 7) is 0. The Morgan fingerprint density at radius 3 is 1.58 bits per heavy atom. The molecule has 3 heterocycles. The number of para-hydroxylation sites is 1. The van der Waals surface area contributed by atoms with Crippen LogP contribution in [0.4, 0.5) is 11.4 Å². The number of furan rings is 1. The fraction of sp³-hybridized carbons (Fsp3) is 0.0351. The summed E-state index contributed by atoms with van der Waals surface area (Å²) in [6.07, 6.45) is 4.47. The first-order chi connectivity index (χ1) is 30.7. The van der Waals surface area contributed by atoms with Gasteiger partial charge in [0.2, 0.25) is 0 Å². The van der Waals surface area contributed by atoms with Crippen LogP contribution in [0, 0.1) is 0 Å². The molecule has 10 aromatic rings. The molecule has 2 aromatic heterocycles. The summed E-state index contributed by atoms with van der Waals surface area (Å²) in [5.74, 6) is 2.72. The summed E-state index contributed by atoms with van der Waals surface area (Å²) in [5.41, 5.74) is 15.4. The summed E-state index contributed by atoms with van der Waals surface area (Å²) < 4.78 is 6.74. The van der Waals surface area contributed by atoms with Crippen LogP contribution in [0.15, 0.2) is 217 Å². The molecular formula is C57H38N4O. The predicted octanol–water partition coefficient (Wildman–Crippen LogP) is 14.3. The third kappa shape index (κ3) is 6.13. The minimum absolute atomic E-state index is 0.00263. The number of hydrogen-bond donors (Lipinski definition) is 0. The Balaban J connectivity index is 0.966. The van der Waals surface area contributed by atoms with E-state index in [2.05, 4.69) is 193 Å². The largest absolute Gasteiger partial charge is 0.456 e. The van der Waals surface area contributed by atoms with Crippen molar-refractivity contribution in [2.45, 2.75) is 12.0 Å². The molecule has 0 saturated heterocycles. The summed E-state index contributed by atoms with van der Waals surface area (Å²) in [5, 5.41) is 1.03. The molecule has 1 aliphatic heterocycles. The highest BCUT2D eigenvalue weighted by Crippen LogP contribution is 2.54. The van der Waals surface area contributed by atoms with Gasteiger partial charge in [0.05, 0.1) is 6.04 Å². The van der Waals surface area contributed by atoms with Crippen molar-refractivity contribution < 1.29 is 4.42 Å². The SMILES string of the molecule is C1=CC2C(c3ccccc3N2c2cccc(-c3ccc(-c4ccccc4)cc3)c2)c2c1oc1cccc(-c3nc(-c4ccccc4)nc(-c4ccc(-c5ccccc5)cc4)n3)c21. The van der Waals surface area contributed by atoms with E-state index in [9.17, 15) is 0 Å². The zero-order valence-corrected chi connectivity index (χ0v) is 33.6. The molecule has 0 amide bonds. The van der Waals surface area contributed by atoms with Crippen LogP contribution in [0.2, 0.25) is 0 Å². The maximum atomic E-state index is 6.74. The van der Waals surface area contributed by atoms with Gasteiger partial charge in [-0.15, -0.1) is 0 Å². The molecular weight excluding hydrogens is 757 g/mol. The van der Waals surface area contributed by atoms with Crippen molar-refractivity contribution in [2.24, 2.45) is 0 Å². The predicted molar refractivity (Wildman–Crippen MR) is 252 cm³/mol. The summed E-state index contributed by atoms with van der Waals surface area (Å²) in [6, 6.07) is 72.5. The van der Waals surface area contributed by atoms with Crippen molar-refractivity contribution in [3.63, 3.8) is 0 Å². The number of fused-ring (bicyclic) bond motifs is 7. The number of hydrogen-bond acceptors (Lipinski definition) is 5. The van der Waals surface area contributed by atoms with Gasteiger partial charge in [-0.1, -0.05) is 188 Å². The molecule has 5 heteroatoms. The number of benzene rings is 8. The molecule has 8 aromatic carbocycles. The Bertz CT molecular complexity index is 3290. The molecule has 2 unspecified atom stereocenters. The molecule has 1 aliphatic carbocycles. The highest BCUT2D eigenvalue weighted by Gasteiger charge is 2.44. The van der Waals surface area contributed by atoms with Crippen LogP contribution in [0.5, 0.6) is 0 Å². The van der Waals surface area contributed by atoms with Gasteiger partial charge in [0, 0.05) is 44.9 Å². The molecule has 292 valence electrons. The van der Waals surface area contributed by atoms with Gasteiger partial charge in [0.15, 0.2) is 17.5 Å². The second-order valence-electron chi connectivity index (χ2n) is 15.9. The van der Waals surface area contributed by atoms with Gasteiger partial charge in [0.1, 0.15) is 11.3 Å². The minimum Gasteiger partial charge on any atom is -0.456 e. The molecule has 62 heavy (non-hydrogen) atoms. The maximum Gasteiger partial charge on any atom is 0.164 e. The zero-order valence-electron chi connectivity index (χ0n) is 33.6. The Morgan fingerprint density at radius 2 is 0.919 bits per heavy atom. The van der Waals surface area contributed by atoms with Crippen LogP contribution in [-0.2, 0) is 0 Å². The van der Waals surface area contributed by atoms with E-state index in [4.69, 9.17) is 19.4 Å². The van der Waals surface area contributed by atoms with Gasteiger partial charge in [0.25, 0.3) is 0 Å². The van der Waals surface area contributed by atoms with E-state index < -0.39 is 0 Å². The number of nitrogens with zero attached hydrogens (tertiary/aromatic N) is 4. The van der Waals surface area contributed by atoms with Crippen molar-refractivity contribution in [1.29, 1.82) is 0 Å². The number of aromatic nitrogens is 3. The highest BCUT2D eigenvalue weighted by molar-refractivity contribution is 6.00. The second kappa shape index (κ2) is 14.8. The topological polar surface area (TPSA) is 55.1 Å². The van der Waals surface area contributed by atoms with Gasteiger partial charge in [-0.05, 0) is 69.3 Å². The van der Waals surface area contributed by atoms with Crippen LogP contribution < -0.4 is 4.90 Å². The van der Waals surface area contributed by atoms with Gasteiger partial charge >= 0.3 is 0 Å². The Labute approximate surface area is 360 Å². The van der Waals surface area contributed by atoms with E-state index in [-0.39, 0.29) is 12.0 Å². The molecule has 0 radical (unpaired) electrons. The van der Waals surface area contributed by atoms with Crippen molar-refractivity contribution in [3.8, 4) is 67.5 Å². The molecule has 0 saturated carbocycles. The fourth-order valence-electron chi connectivity index (χ4n) is 9.40. The quantitative estimate of drug-likeness (QED) is 0.161. The third-order valence-corrected chi connectivity index (χ3v) is 12.3. The summed E-state index contributed by atoms with van der Waals surface area (Å²) in [7, 11) is 0. The standard InChI is InChI=1S/C57H38N4O/c1-4-14-37(15-5-1)39-26-28-41(29-27-39)44-20-12-21-45(36-44)61-48-24-11-10-22-46(48)52-49(61)34-35-51-54(52)53-47(23-13-25-50(53)62-51)57-59-55(42-18-8-3-9-19-42)58-56(60-57)43-32-30-40(31-33-43)38-16-6-2-7-17-38/h1-36,49,52H. The van der Waals surface area contributed by atoms with Crippen molar-refractivity contribution in [3.05, 3.63) is 229 Å². The van der Waals surface area contributed by atoms with Crippen LogP contribution in [-0.4, -0.2) is 21.0 Å². The van der Waals surface area contributed by atoms with Crippen LogP contribution in [0.25, 0.3) is 84.6 Å². The lowest BCUT2D eigenvalue weighted by Gasteiger charge is -2.30. The Kier molecular flexibility index (Phi) is 8.56. The average molecular weight is 795 g/mol. The normalized spacial score (nSPS) is 15.0. The fourth-order valence-corrected chi connectivity index (χ4v) is 9.40. The van der Waals surface area contributed by atoms with E-state index in [0.29, 0.717) is 17.5 Å². The smallest absolute Gasteiger partial charge is 0.164 e. The van der Waals surface area contributed by atoms with Gasteiger partial charge < -0.3 is 9.32 Å². The zero-order chi connectivity index (χ0) is 41.0. The molecule has 5 nitrogen and oxygen atoms in total. The van der Waals surface area contributed by atoms with E-state index in [1.807, 2.05) is 30.3 Å². The van der Waals surface area contributed by atoms with Crippen LogP contribution in [0.1, 0.15) is 22.8 Å². The summed E-state index contributed by atoms with van der Waals surface area (Å²) in [4.78, 5) is 18.0. The van der Waals surface area contributed by atoms with Gasteiger partial charge in [-0.3, -0.25) is 0 Å². The van der Waals surface area contributed by atoms with Crippen molar-refractivity contribution >= 4 is 28.4 Å². The lowest BCUT2D eigenvalue weighted by molar-refractivity contribution is 0.584. The summed E-state index contributed by atoms with van der Waals surface area (Å²) >= 11 is 0. The maximum absolute atomic E-state index is 6.74. The van der Waals surface area contributed by atoms with E-state index in [1.54, 1.807) is 0 Å². The number of rotatable bonds is 7. The van der Waals surface area contributed by atoms with Crippen LogP contribution >= 0.6 is 0 Å². The van der Waals surface area contributed by atoms with E-state index in [1.165, 1.54) is 33.5 Å². The highest BCUT2D eigenvalue weighted by atomic mass is 16.3. The lowest BCUT2D eigenvalue weighted by atomic mass is 9.81. The molecule has 0 bridgehead atoms. The molecule has 12 rings (SSSR count). The van der Waals surface area contributed by atoms with Crippen molar-refractivity contribution in [2.75, 3.05) is 4.90 Å². The molecule has 2 aliphatic rings. The average Bonchev–Trinajstić information content (AvgIpc) is 3.91. The van der Waals surface area contributed by atoms with Crippen molar-refractivity contribution in [1.82, 2.24) is 15.0 Å². The van der Waals surface area contributed by atoms with E-state index >= 15 is 0 Å². The van der Waals surface area contributed by atoms with Crippen LogP contribution in [0.3, 0.4) is 0 Å². The first-order valence-electron chi connectivity index (χ1n) is 21.1. The van der Waals surface area contributed by atoms with Gasteiger partial charge in [-0.25, -0.2) is 15.0 Å². The van der Waals surface area contributed by atoms with E-state index in [0.717, 1.165) is 55.8 Å². The first-order valence-corrected chi connectivity index (χ1v) is 21.1. The monoisotopic (exact) mass is 794 g/mol. The molecule has 2 atom stereocenters. The molecule has 0 spiro atoms. The minimum atomic E-state index is 0.00263. The lowest BCUT2D eigenvalue weighted by Crippen LogP contribution is -2.30. The Morgan fingerprint density at radius 1 is 0.419 bits per heavy atom. The third-order valence-electron chi connectivity index (χ3n) is 12.3.